The fourth-order valence-corrected chi connectivity index (χ4v) is 3.55. The number of ether oxygens (including phenoxy) is 1. The molecule has 26 heavy (non-hydrogen) atoms. The first-order valence-corrected chi connectivity index (χ1v) is 9.91. The van der Waals surface area contributed by atoms with E-state index in [2.05, 4.69) is 62.1 Å². The fraction of sp³-hybridized carbons (Fsp3) is 0.591. The minimum Gasteiger partial charge on any atom is -0.368 e. The van der Waals surface area contributed by atoms with Crippen LogP contribution in [0.2, 0.25) is 0 Å². The summed E-state index contributed by atoms with van der Waals surface area (Å²) in [6.07, 6.45) is 7.52. The second-order valence-electron chi connectivity index (χ2n) is 8.01. The van der Waals surface area contributed by atoms with E-state index < -0.39 is 0 Å². The second kappa shape index (κ2) is 8.26. The highest BCUT2D eigenvalue weighted by molar-refractivity contribution is 5.77. The summed E-state index contributed by atoms with van der Waals surface area (Å²) in [5.74, 6) is 0.116. The van der Waals surface area contributed by atoms with E-state index in [1.54, 1.807) is 0 Å². The minimum atomic E-state index is 0.116. The van der Waals surface area contributed by atoms with Gasteiger partial charge in [0, 0.05) is 31.9 Å². The van der Waals surface area contributed by atoms with E-state index in [0.29, 0.717) is 0 Å². The Kier molecular flexibility index (Phi) is 6.02. The lowest BCUT2D eigenvalue weighted by molar-refractivity contribution is -0.137. The van der Waals surface area contributed by atoms with E-state index >= 15 is 0 Å². The smallest absolute Gasteiger partial charge is 0.248 e. The van der Waals surface area contributed by atoms with Crippen molar-refractivity contribution in [2.75, 3.05) is 37.7 Å². The van der Waals surface area contributed by atoms with Crippen molar-refractivity contribution in [2.24, 2.45) is 0 Å². The summed E-state index contributed by atoms with van der Waals surface area (Å²) >= 11 is 0. The van der Waals surface area contributed by atoms with Crippen LogP contribution in [0.4, 0.5) is 5.69 Å². The molecule has 0 aromatic heterocycles. The molecular weight excluding hydrogens is 324 g/mol. The zero-order valence-corrected chi connectivity index (χ0v) is 16.4. The van der Waals surface area contributed by atoms with E-state index in [9.17, 15) is 4.79 Å². The predicted molar refractivity (Wildman–Crippen MR) is 107 cm³/mol. The number of anilines is 1. The molecule has 1 atom stereocenters. The molecular formula is C22H32N2O2. The number of carbonyl (C=O) groups is 1. The molecule has 1 heterocycles. The topological polar surface area (TPSA) is 32.8 Å². The second-order valence-corrected chi connectivity index (χ2v) is 8.01. The average Bonchev–Trinajstić information content (AvgIpc) is 3.20. The lowest BCUT2D eigenvalue weighted by atomic mass is 9.82. The summed E-state index contributed by atoms with van der Waals surface area (Å²) in [4.78, 5) is 16.6. The van der Waals surface area contributed by atoms with Crippen LogP contribution in [0, 0.1) is 0 Å². The van der Waals surface area contributed by atoms with Gasteiger partial charge < -0.3 is 14.5 Å². The van der Waals surface area contributed by atoms with Crippen LogP contribution in [-0.2, 0) is 14.9 Å². The van der Waals surface area contributed by atoms with Crippen LogP contribution in [0.15, 0.2) is 36.4 Å². The van der Waals surface area contributed by atoms with Gasteiger partial charge in [-0.15, -0.1) is 0 Å². The molecule has 4 heteroatoms. The molecule has 1 aliphatic carbocycles. The number of piperazine rings is 1. The van der Waals surface area contributed by atoms with Crippen molar-refractivity contribution in [3.63, 3.8) is 0 Å². The van der Waals surface area contributed by atoms with E-state index in [0.717, 1.165) is 45.4 Å². The normalized spacial score (nSPS) is 20.7. The highest BCUT2D eigenvalue weighted by Gasteiger charge is 2.23. The van der Waals surface area contributed by atoms with E-state index in [1.807, 2.05) is 4.90 Å². The molecule has 1 amide bonds. The van der Waals surface area contributed by atoms with Crippen molar-refractivity contribution in [1.29, 1.82) is 0 Å². The molecule has 1 fully saturated rings. The van der Waals surface area contributed by atoms with Crippen LogP contribution in [0.25, 0.3) is 0 Å². The van der Waals surface area contributed by atoms with Gasteiger partial charge in [-0.3, -0.25) is 4.79 Å². The summed E-state index contributed by atoms with van der Waals surface area (Å²) < 4.78 is 5.69. The number of rotatable bonds is 6. The molecule has 0 saturated carbocycles. The summed E-state index contributed by atoms with van der Waals surface area (Å²) in [7, 11) is 0. The molecule has 1 saturated heterocycles. The Morgan fingerprint density at radius 2 is 1.85 bits per heavy atom. The number of allylic oxidation sites excluding steroid dienone is 1. The molecule has 3 rings (SSSR count). The maximum absolute atomic E-state index is 12.3. The molecule has 0 unspecified atom stereocenters. The molecule has 4 nitrogen and oxygen atoms in total. The molecule has 1 aromatic carbocycles. The van der Waals surface area contributed by atoms with Crippen LogP contribution in [0.1, 0.15) is 45.6 Å². The molecule has 0 spiro atoms. The zero-order chi connectivity index (χ0) is 18.6. The first-order valence-electron chi connectivity index (χ1n) is 9.91. The van der Waals surface area contributed by atoms with Crippen LogP contribution >= 0.6 is 0 Å². The molecule has 1 aromatic rings. The SMILES string of the molecule is CCC(C)(C)c1ccc(N2CCN(C(=O)CO[C@@H]3C=CCC3)CC2)cc1. The van der Waals surface area contributed by atoms with Crippen molar-refractivity contribution in [3.8, 4) is 0 Å². The van der Waals surface area contributed by atoms with Crippen molar-refractivity contribution >= 4 is 11.6 Å². The summed E-state index contributed by atoms with van der Waals surface area (Å²) in [5.41, 5.74) is 2.86. The quantitative estimate of drug-likeness (QED) is 0.728. The lowest BCUT2D eigenvalue weighted by Gasteiger charge is -2.36. The van der Waals surface area contributed by atoms with E-state index in [4.69, 9.17) is 4.74 Å². The first-order chi connectivity index (χ1) is 12.5. The van der Waals surface area contributed by atoms with Crippen LogP contribution in [0.5, 0.6) is 0 Å². The standard InChI is InChI=1S/C22H32N2O2/c1-4-22(2,3)18-9-11-19(12-10-18)23-13-15-24(16-14-23)21(25)17-26-20-7-5-6-8-20/h5,7,9-12,20H,4,6,8,13-17H2,1-3H3/t20-/m1/s1. The molecule has 0 radical (unpaired) electrons. The molecule has 2 aliphatic rings. The number of hydrogen-bond acceptors (Lipinski definition) is 3. The Labute approximate surface area is 157 Å². The summed E-state index contributed by atoms with van der Waals surface area (Å²) in [6, 6.07) is 8.94. The van der Waals surface area contributed by atoms with Crippen LogP contribution in [0.3, 0.4) is 0 Å². The van der Waals surface area contributed by atoms with Gasteiger partial charge in [0.1, 0.15) is 6.61 Å². The summed E-state index contributed by atoms with van der Waals surface area (Å²) in [6.45, 7) is 10.3. The highest BCUT2D eigenvalue weighted by atomic mass is 16.5. The Morgan fingerprint density at radius 3 is 2.42 bits per heavy atom. The zero-order valence-electron chi connectivity index (χ0n) is 16.4. The van der Waals surface area contributed by atoms with E-state index in [-0.39, 0.29) is 24.0 Å². The Hall–Kier alpha value is -1.81. The van der Waals surface area contributed by atoms with Gasteiger partial charge in [0.25, 0.3) is 0 Å². The van der Waals surface area contributed by atoms with Crippen molar-refractivity contribution < 1.29 is 9.53 Å². The lowest BCUT2D eigenvalue weighted by Crippen LogP contribution is -2.50. The monoisotopic (exact) mass is 356 g/mol. The van der Waals surface area contributed by atoms with Gasteiger partial charge in [0.2, 0.25) is 5.91 Å². The van der Waals surface area contributed by atoms with E-state index in [1.165, 1.54) is 11.3 Å². The van der Waals surface area contributed by atoms with Gasteiger partial charge in [0.05, 0.1) is 6.10 Å². The van der Waals surface area contributed by atoms with Crippen molar-refractivity contribution in [3.05, 3.63) is 42.0 Å². The maximum Gasteiger partial charge on any atom is 0.248 e. The van der Waals surface area contributed by atoms with Crippen molar-refractivity contribution in [2.45, 2.75) is 51.6 Å². The number of amides is 1. The minimum absolute atomic E-state index is 0.116. The molecule has 142 valence electrons. The number of benzene rings is 1. The predicted octanol–water partition coefficient (Wildman–Crippen LogP) is 3.76. The van der Waals surface area contributed by atoms with Gasteiger partial charge in [-0.25, -0.2) is 0 Å². The first kappa shape index (κ1) is 19.0. The third-order valence-electron chi connectivity index (χ3n) is 5.92. The van der Waals surface area contributed by atoms with Gasteiger partial charge in [-0.1, -0.05) is 45.1 Å². The largest absolute Gasteiger partial charge is 0.368 e. The highest BCUT2D eigenvalue weighted by Crippen LogP contribution is 2.28. The fourth-order valence-electron chi connectivity index (χ4n) is 3.55. The van der Waals surface area contributed by atoms with Gasteiger partial charge in [-0.05, 0) is 42.4 Å². The molecule has 0 bridgehead atoms. The third-order valence-corrected chi connectivity index (χ3v) is 5.92. The number of hydrogen-bond donors (Lipinski definition) is 0. The molecule has 1 aliphatic heterocycles. The molecule has 0 N–H and O–H groups in total. The number of nitrogens with zero attached hydrogens (tertiary/aromatic N) is 2. The van der Waals surface area contributed by atoms with Gasteiger partial charge in [0.15, 0.2) is 0 Å². The van der Waals surface area contributed by atoms with Crippen LogP contribution < -0.4 is 4.90 Å². The van der Waals surface area contributed by atoms with Gasteiger partial charge >= 0.3 is 0 Å². The number of carbonyl (C=O) groups excluding carboxylic acids is 1. The Morgan fingerprint density at radius 1 is 1.15 bits per heavy atom. The van der Waals surface area contributed by atoms with Crippen LogP contribution in [-0.4, -0.2) is 49.7 Å². The van der Waals surface area contributed by atoms with Crippen molar-refractivity contribution in [1.82, 2.24) is 4.90 Å². The average molecular weight is 357 g/mol. The maximum atomic E-state index is 12.3. The third kappa shape index (κ3) is 4.47. The van der Waals surface area contributed by atoms with Gasteiger partial charge in [-0.2, -0.15) is 0 Å². The Balaban J connectivity index is 1.48. The summed E-state index contributed by atoms with van der Waals surface area (Å²) in [5, 5.41) is 0. The Bertz CT molecular complexity index is 628.